The van der Waals surface area contributed by atoms with E-state index in [9.17, 15) is 0 Å². The highest BCUT2D eigenvalue weighted by atomic mass is 35.7. The lowest BCUT2D eigenvalue weighted by molar-refractivity contribution is -2.00. The van der Waals surface area contributed by atoms with E-state index in [0.29, 0.717) is 10.7 Å². The van der Waals surface area contributed by atoms with Gasteiger partial charge >= 0.3 is 0 Å². The fourth-order valence-corrected chi connectivity index (χ4v) is 1.24. The first-order valence-corrected chi connectivity index (χ1v) is 6.38. The maximum atomic E-state index is 8.49. The molecule has 7 nitrogen and oxygen atoms in total. The highest BCUT2D eigenvalue weighted by molar-refractivity contribution is 6.30. The summed E-state index contributed by atoms with van der Waals surface area (Å²) >= 11 is 5.77. The van der Waals surface area contributed by atoms with E-state index >= 15 is 0 Å². The molecule has 0 radical (unpaired) electrons. The molecule has 0 aliphatic heterocycles. The zero-order chi connectivity index (χ0) is 14.5. The van der Waals surface area contributed by atoms with Gasteiger partial charge in [0.1, 0.15) is 6.20 Å². The minimum absolute atomic E-state index is 0.648. The Kier molecular flexibility index (Phi) is 5.43. The number of anilines is 1. The molecule has 9 heteroatoms. The van der Waals surface area contributed by atoms with E-state index < -0.39 is 10.2 Å². The Morgan fingerprint density at radius 1 is 1.05 bits per heavy atom. The molecule has 102 valence electrons. The second kappa shape index (κ2) is 6.62. The molecule has 0 spiro atoms. The lowest BCUT2D eigenvalue weighted by Gasteiger charge is -2.17. The van der Waals surface area contributed by atoms with Crippen LogP contribution in [0.2, 0.25) is 5.02 Å². The van der Waals surface area contributed by atoms with Crippen molar-refractivity contribution in [2.75, 3.05) is 5.73 Å². The van der Waals surface area contributed by atoms with Crippen molar-refractivity contribution in [1.82, 2.24) is 5.10 Å². The van der Waals surface area contributed by atoms with Crippen LogP contribution in [0.3, 0.4) is 0 Å². The number of benzene rings is 1. The highest BCUT2D eigenvalue weighted by Crippen LogP contribution is 2.08. The van der Waals surface area contributed by atoms with Gasteiger partial charge < -0.3 is 5.73 Å². The van der Waals surface area contributed by atoms with Gasteiger partial charge in [-0.3, -0.25) is 0 Å². The summed E-state index contributed by atoms with van der Waals surface area (Å²) in [6, 6.07) is 9.22. The highest BCUT2D eigenvalue weighted by Gasteiger charge is 2.05. The van der Waals surface area contributed by atoms with Crippen LogP contribution < -0.4 is 29.1 Å². The molecule has 2 aromatic rings. The van der Waals surface area contributed by atoms with E-state index in [1.54, 1.807) is 23.1 Å². The molecule has 0 atom stereocenters. The first-order valence-electron chi connectivity index (χ1n) is 4.77. The fourth-order valence-electron chi connectivity index (χ4n) is 1.11. The molecule has 2 rings (SSSR count). The van der Waals surface area contributed by atoms with Gasteiger partial charge in [-0.05, 0) is 17.2 Å². The van der Waals surface area contributed by atoms with Gasteiger partial charge in [0.2, 0.25) is 11.9 Å². The van der Waals surface area contributed by atoms with Crippen LogP contribution in [0, 0.1) is 10.2 Å². The topological polar surface area (TPSA) is 135 Å². The summed E-state index contributed by atoms with van der Waals surface area (Å²) in [5, 5.41) is 4.84. The zero-order valence-electron chi connectivity index (χ0n) is 9.40. The molecular formula is C10H9Cl2N3O4. The lowest BCUT2D eigenvalue weighted by Crippen LogP contribution is -2.68. The molecule has 0 saturated heterocycles. The Morgan fingerprint density at radius 3 is 2.00 bits per heavy atom. The van der Waals surface area contributed by atoms with Crippen LogP contribution in [0.4, 0.5) is 5.69 Å². The number of nitrogen functional groups attached to an aromatic ring is 1. The van der Waals surface area contributed by atoms with Gasteiger partial charge in [-0.15, -0.1) is 10.2 Å². The molecule has 0 fully saturated rings. The third kappa shape index (κ3) is 6.87. The van der Waals surface area contributed by atoms with Crippen LogP contribution in [-0.2, 0) is 0 Å². The number of aromatic nitrogens is 2. The van der Waals surface area contributed by atoms with Crippen molar-refractivity contribution < 1.29 is 33.6 Å². The maximum Gasteiger partial charge on any atom is 0.238 e. The van der Waals surface area contributed by atoms with Gasteiger partial charge in [0.05, 0.1) is 5.69 Å². The molecule has 0 aliphatic carbocycles. The van der Waals surface area contributed by atoms with Gasteiger partial charge in [0, 0.05) is 23.2 Å². The van der Waals surface area contributed by atoms with E-state index in [4.69, 9.17) is 36.0 Å². The Bertz CT molecular complexity index is 464. The van der Waals surface area contributed by atoms with Crippen LogP contribution in [0.1, 0.15) is 0 Å². The van der Waals surface area contributed by atoms with Crippen molar-refractivity contribution in [2.24, 2.45) is 0 Å². The van der Waals surface area contributed by atoms with Gasteiger partial charge in [-0.25, -0.2) is 18.6 Å². The molecule has 0 unspecified atom stereocenters. The van der Waals surface area contributed by atoms with Crippen LogP contribution in [-0.4, -0.2) is 5.10 Å². The second-order valence-electron chi connectivity index (χ2n) is 3.26. The minimum atomic E-state index is -4.94. The van der Waals surface area contributed by atoms with Crippen molar-refractivity contribution in [3.63, 3.8) is 0 Å². The molecule has 0 amide bonds. The summed E-state index contributed by atoms with van der Waals surface area (Å²) in [5.41, 5.74) is 7.13. The van der Waals surface area contributed by atoms with E-state index in [2.05, 4.69) is 5.10 Å². The third-order valence-corrected chi connectivity index (χ3v) is 2.08. The molecular weight excluding hydrogens is 297 g/mol. The summed E-state index contributed by atoms with van der Waals surface area (Å²) in [5.74, 6) is 0. The average molecular weight is 306 g/mol. The van der Waals surface area contributed by atoms with E-state index in [1.165, 1.54) is 0 Å². The van der Waals surface area contributed by atoms with Crippen LogP contribution >= 0.6 is 11.6 Å². The predicted octanol–water partition coefficient (Wildman–Crippen LogP) is -3.16. The largest absolute Gasteiger partial charge is 0.397 e. The van der Waals surface area contributed by atoms with Gasteiger partial charge in [0.25, 0.3) is 0 Å². The van der Waals surface area contributed by atoms with Crippen molar-refractivity contribution in [3.05, 3.63) is 47.7 Å². The SMILES string of the molecule is Nc1cc[n+](-c2ccc(Cl)cc2)nc1.[O-][Cl+3]([O-])([O-])[O-]. The first kappa shape index (κ1) is 15.6. The predicted molar refractivity (Wildman–Crippen MR) is 55.2 cm³/mol. The number of nitrogens with zero attached hydrogens (tertiary/aromatic N) is 2. The van der Waals surface area contributed by atoms with Crippen molar-refractivity contribution in [3.8, 4) is 5.69 Å². The standard InChI is InChI=1S/C10H8ClN3.ClHO4/c11-8-1-3-10(4-2-8)14-6-5-9(12)7-13-14;2-1(3,4)5/h1-7,12H;(H,2,3,4,5). The summed E-state index contributed by atoms with van der Waals surface area (Å²) in [6.07, 6.45) is 3.41. The van der Waals surface area contributed by atoms with E-state index in [1.807, 2.05) is 24.3 Å². The third-order valence-electron chi connectivity index (χ3n) is 1.83. The first-order chi connectivity index (χ1) is 8.75. The molecule has 0 aliphatic rings. The minimum Gasteiger partial charge on any atom is -0.397 e. The Balaban J connectivity index is 0.000000312. The molecule has 1 aromatic heterocycles. The zero-order valence-corrected chi connectivity index (χ0v) is 10.9. The van der Waals surface area contributed by atoms with E-state index in [0.717, 1.165) is 5.69 Å². The van der Waals surface area contributed by atoms with Crippen LogP contribution in [0.25, 0.3) is 5.69 Å². The molecule has 0 saturated carbocycles. The average Bonchev–Trinajstić information content (AvgIpc) is 2.29. The smallest absolute Gasteiger partial charge is 0.238 e. The fraction of sp³-hybridized carbons (Fsp3) is 0. The summed E-state index contributed by atoms with van der Waals surface area (Å²) in [7, 11) is -4.94. The number of hydrogen-bond donors (Lipinski definition) is 1. The summed E-state index contributed by atoms with van der Waals surface area (Å²) < 4.78 is 35.7. The van der Waals surface area contributed by atoms with Crippen molar-refractivity contribution in [2.45, 2.75) is 0 Å². The summed E-state index contributed by atoms with van der Waals surface area (Å²) in [6.45, 7) is 0. The molecule has 2 N–H and O–H groups in total. The van der Waals surface area contributed by atoms with E-state index in [-0.39, 0.29) is 0 Å². The summed E-state index contributed by atoms with van der Waals surface area (Å²) in [4.78, 5) is 0. The second-order valence-corrected chi connectivity index (χ2v) is 4.45. The molecule has 19 heavy (non-hydrogen) atoms. The number of nitrogens with two attached hydrogens (primary N) is 1. The monoisotopic (exact) mass is 305 g/mol. The molecule has 1 heterocycles. The number of hydrogen-bond acceptors (Lipinski definition) is 6. The Morgan fingerprint density at radius 2 is 1.58 bits per heavy atom. The van der Waals surface area contributed by atoms with Gasteiger partial charge in [-0.2, -0.15) is 0 Å². The quantitative estimate of drug-likeness (QED) is 0.552. The van der Waals surface area contributed by atoms with Crippen molar-refractivity contribution >= 4 is 17.3 Å². The normalized spacial score (nSPS) is 10.6. The van der Waals surface area contributed by atoms with Gasteiger partial charge in [0.15, 0.2) is 0 Å². The lowest BCUT2D eigenvalue weighted by atomic mass is 10.3. The van der Waals surface area contributed by atoms with Crippen molar-refractivity contribution in [1.29, 1.82) is 0 Å². The van der Waals surface area contributed by atoms with Crippen LogP contribution in [0.15, 0.2) is 42.7 Å². The van der Waals surface area contributed by atoms with Gasteiger partial charge in [-0.1, -0.05) is 16.3 Å². The number of rotatable bonds is 1. The maximum absolute atomic E-state index is 8.49. The Labute approximate surface area is 115 Å². The molecule has 0 bridgehead atoms. The Hall–Kier alpha value is -1.48. The van der Waals surface area contributed by atoms with Crippen LogP contribution in [0.5, 0.6) is 0 Å². The molecule has 1 aromatic carbocycles. The number of halogens is 2.